The van der Waals surface area contributed by atoms with Gasteiger partial charge in [-0.15, -0.1) is 0 Å². The normalized spacial score (nSPS) is 13.2. The van der Waals surface area contributed by atoms with Crippen molar-refractivity contribution in [3.8, 4) is 0 Å². The first-order valence-electron chi connectivity index (χ1n) is 32.0. The van der Waals surface area contributed by atoms with Gasteiger partial charge in [0.25, 0.3) is 0 Å². The molecule has 0 fully saturated rings. The Morgan fingerprint density at radius 2 is 0.519 bits per heavy atom. The van der Waals surface area contributed by atoms with E-state index in [-0.39, 0.29) is 37.5 Å². The molecule has 0 aliphatic heterocycles. The van der Waals surface area contributed by atoms with E-state index in [0.29, 0.717) is 19.3 Å². The maximum Gasteiger partial charge on any atom is 0.306 e. The predicted molar refractivity (Wildman–Crippen MR) is 343 cm³/mol. The smallest absolute Gasteiger partial charge is 0.306 e. The van der Waals surface area contributed by atoms with Crippen LogP contribution in [0.2, 0.25) is 0 Å². The topological polar surface area (TPSA) is 78.9 Å². The Labute approximate surface area is 486 Å². The number of allylic oxidation sites excluding steroid dienone is 26. The fourth-order valence-corrected chi connectivity index (χ4v) is 8.29. The van der Waals surface area contributed by atoms with Crippen LogP contribution in [0.15, 0.2) is 158 Å². The Kier molecular flexibility index (Phi) is 61.4. The largest absolute Gasteiger partial charge is 0.462 e. The van der Waals surface area contributed by atoms with Crippen molar-refractivity contribution < 1.29 is 28.6 Å². The van der Waals surface area contributed by atoms with Crippen molar-refractivity contribution in [1.29, 1.82) is 0 Å². The molecule has 0 bridgehead atoms. The Balaban J connectivity index is 4.45. The van der Waals surface area contributed by atoms with Crippen molar-refractivity contribution in [1.82, 2.24) is 0 Å². The maximum atomic E-state index is 12.9. The van der Waals surface area contributed by atoms with Gasteiger partial charge in [-0.2, -0.15) is 0 Å². The highest BCUT2D eigenvalue weighted by Gasteiger charge is 2.19. The maximum absolute atomic E-state index is 12.9. The molecule has 0 radical (unpaired) electrons. The van der Waals surface area contributed by atoms with Gasteiger partial charge in [0.15, 0.2) is 6.10 Å². The molecule has 0 aromatic heterocycles. The van der Waals surface area contributed by atoms with E-state index >= 15 is 0 Å². The summed E-state index contributed by atoms with van der Waals surface area (Å²) in [5.74, 6) is -1.03. The van der Waals surface area contributed by atoms with Crippen molar-refractivity contribution in [3.05, 3.63) is 158 Å². The lowest BCUT2D eigenvalue weighted by Crippen LogP contribution is -2.30. The first kappa shape index (κ1) is 74.0. The van der Waals surface area contributed by atoms with E-state index < -0.39 is 6.10 Å². The standard InChI is InChI=1S/C73H116O6/c1-4-7-10-13-16-19-22-25-27-29-31-33-34-35-36-37-38-40-41-43-45-48-51-54-57-60-63-66-72(75)78-69-70(68-77-71(74)65-62-59-56-53-50-47-24-21-18-15-12-9-6-3)79-73(76)67-64-61-58-55-52-49-46-44-42-39-32-30-28-26-23-20-17-14-11-8-5-2/h7,9-10,12,16,18-19,21,23,25-27,30-33,35-36,38,40,43,45,47,50,56,59,70H,4-6,8,11,13-15,17,20,22,24,28-29,34,37,39,41-42,44,46,48-49,51-55,57-58,60-69H2,1-3H3/b10-7-,12-9-,19-16-,21-18-,26-23-,27-25-,32-30-,33-31-,36-35-,40-38-,45-43-,50-47-,59-56-. The summed E-state index contributed by atoms with van der Waals surface area (Å²) in [6, 6.07) is 0. The number of carbonyl (C=O) groups is 3. The van der Waals surface area contributed by atoms with Crippen LogP contribution in [0.25, 0.3) is 0 Å². The SMILES string of the molecule is CC/C=C\C/C=C\C/C=C\C/C=C\C/C=C\C/C=C\C/C=C\CCCCCCCC(=O)OCC(COC(=O)CC/C=C\C/C=C\C/C=C\C/C=C\CC)OC(=O)CCCCCCCCCCC/C=C\C/C=C\CCCCCCC. The number of carbonyl (C=O) groups excluding carboxylic acids is 3. The summed E-state index contributed by atoms with van der Waals surface area (Å²) < 4.78 is 16.8. The first-order valence-corrected chi connectivity index (χ1v) is 32.0. The second-order valence-corrected chi connectivity index (χ2v) is 20.5. The Bertz CT molecular complexity index is 1780. The van der Waals surface area contributed by atoms with Gasteiger partial charge in [0.2, 0.25) is 0 Å². The van der Waals surface area contributed by atoms with Gasteiger partial charge in [0.05, 0.1) is 0 Å². The van der Waals surface area contributed by atoms with Gasteiger partial charge < -0.3 is 14.2 Å². The van der Waals surface area contributed by atoms with Crippen LogP contribution in [0.3, 0.4) is 0 Å². The number of esters is 3. The van der Waals surface area contributed by atoms with Gasteiger partial charge >= 0.3 is 17.9 Å². The van der Waals surface area contributed by atoms with E-state index in [0.717, 1.165) is 135 Å². The predicted octanol–water partition coefficient (Wildman–Crippen LogP) is 22.1. The second-order valence-electron chi connectivity index (χ2n) is 20.5. The molecule has 0 rings (SSSR count). The second kappa shape index (κ2) is 65.5. The summed E-state index contributed by atoms with van der Waals surface area (Å²) >= 11 is 0. The molecule has 0 amide bonds. The van der Waals surface area contributed by atoms with Crippen molar-refractivity contribution in [2.75, 3.05) is 13.2 Å². The van der Waals surface area contributed by atoms with Crippen LogP contribution in [-0.2, 0) is 28.6 Å². The molecule has 0 heterocycles. The molecule has 6 nitrogen and oxygen atoms in total. The molecule has 1 atom stereocenters. The van der Waals surface area contributed by atoms with Crippen LogP contribution in [0.5, 0.6) is 0 Å². The van der Waals surface area contributed by atoms with E-state index in [1.54, 1.807) is 0 Å². The third kappa shape index (κ3) is 63.7. The van der Waals surface area contributed by atoms with Crippen molar-refractivity contribution in [3.63, 3.8) is 0 Å². The van der Waals surface area contributed by atoms with Crippen molar-refractivity contribution >= 4 is 17.9 Å². The molecular formula is C73H116O6. The zero-order valence-corrected chi connectivity index (χ0v) is 50.8. The molecule has 0 aromatic rings. The number of hydrogen-bond donors (Lipinski definition) is 0. The van der Waals surface area contributed by atoms with Crippen LogP contribution in [0.4, 0.5) is 0 Å². The molecule has 0 aliphatic rings. The molecule has 0 aromatic carbocycles. The van der Waals surface area contributed by atoms with Gasteiger partial charge in [0.1, 0.15) is 13.2 Å². The highest BCUT2D eigenvalue weighted by Crippen LogP contribution is 2.14. The van der Waals surface area contributed by atoms with Crippen molar-refractivity contribution in [2.45, 2.75) is 271 Å². The van der Waals surface area contributed by atoms with Crippen LogP contribution >= 0.6 is 0 Å². The Morgan fingerprint density at radius 3 is 0.848 bits per heavy atom. The van der Waals surface area contributed by atoms with Gasteiger partial charge in [-0.05, 0) is 135 Å². The average Bonchev–Trinajstić information content (AvgIpc) is 3.45. The minimum atomic E-state index is -0.826. The molecule has 0 spiro atoms. The van der Waals surface area contributed by atoms with Gasteiger partial charge in [-0.3, -0.25) is 14.4 Å². The van der Waals surface area contributed by atoms with E-state index in [1.165, 1.54) is 83.5 Å². The molecule has 0 saturated carbocycles. The van der Waals surface area contributed by atoms with Gasteiger partial charge in [-0.1, -0.05) is 269 Å². The lowest BCUT2D eigenvalue weighted by atomic mass is 10.1. The quantitative estimate of drug-likeness (QED) is 0.0261. The molecule has 1 unspecified atom stereocenters. The lowest BCUT2D eigenvalue weighted by molar-refractivity contribution is -0.166. The average molecular weight is 1090 g/mol. The minimum absolute atomic E-state index is 0.118. The fourth-order valence-electron chi connectivity index (χ4n) is 8.29. The van der Waals surface area contributed by atoms with Crippen LogP contribution in [0.1, 0.15) is 265 Å². The van der Waals surface area contributed by atoms with E-state index in [9.17, 15) is 14.4 Å². The highest BCUT2D eigenvalue weighted by atomic mass is 16.6. The van der Waals surface area contributed by atoms with E-state index in [2.05, 4.69) is 167 Å². The zero-order valence-electron chi connectivity index (χ0n) is 50.8. The van der Waals surface area contributed by atoms with Crippen molar-refractivity contribution in [2.24, 2.45) is 0 Å². The molecule has 0 saturated heterocycles. The Hall–Kier alpha value is -4.97. The molecule has 0 aliphatic carbocycles. The molecule has 0 N–H and O–H groups in total. The number of rotatable bonds is 56. The highest BCUT2D eigenvalue weighted by molar-refractivity contribution is 5.71. The summed E-state index contributed by atoms with van der Waals surface area (Å²) in [7, 11) is 0. The van der Waals surface area contributed by atoms with Gasteiger partial charge in [0, 0.05) is 19.3 Å². The van der Waals surface area contributed by atoms with E-state index in [1.807, 2.05) is 12.2 Å². The van der Waals surface area contributed by atoms with Crippen LogP contribution in [0, 0.1) is 0 Å². The van der Waals surface area contributed by atoms with Crippen LogP contribution in [-0.4, -0.2) is 37.2 Å². The summed E-state index contributed by atoms with van der Waals surface area (Å²) in [6.07, 6.45) is 95.5. The fraction of sp³-hybridized carbons (Fsp3) is 0.603. The molecule has 79 heavy (non-hydrogen) atoms. The molecule has 6 heteroatoms. The minimum Gasteiger partial charge on any atom is -0.462 e. The summed E-state index contributed by atoms with van der Waals surface area (Å²) in [5.41, 5.74) is 0. The monoisotopic (exact) mass is 1090 g/mol. The molecule has 444 valence electrons. The van der Waals surface area contributed by atoms with E-state index in [4.69, 9.17) is 14.2 Å². The van der Waals surface area contributed by atoms with Gasteiger partial charge in [-0.25, -0.2) is 0 Å². The number of ether oxygens (including phenoxy) is 3. The van der Waals surface area contributed by atoms with Crippen LogP contribution < -0.4 is 0 Å². The summed E-state index contributed by atoms with van der Waals surface area (Å²) in [6.45, 7) is 6.31. The molecular weight excluding hydrogens is 973 g/mol. The first-order chi connectivity index (χ1) is 39.0. The zero-order chi connectivity index (χ0) is 57.1. The third-order valence-corrected chi connectivity index (χ3v) is 13.0. The number of unbranched alkanes of at least 4 members (excludes halogenated alkanes) is 19. The Morgan fingerprint density at radius 1 is 0.266 bits per heavy atom. The number of hydrogen-bond acceptors (Lipinski definition) is 6. The summed E-state index contributed by atoms with van der Waals surface area (Å²) in [4.78, 5) is 38.3. The lowest BCUT2D eigenvalue weighted by Gasteiger charge is -2.18. The summed E-state index contributed by atoms with van der Waals surface area (Å²) in [5, 5.41) is 0. The third-order valence-electron chi connectivity index (χ3n) is 13.0.